The summed E-state index contributed by atoms with van der Waals surface area (Å²) in [5, 5.41) is 10.7. The van der Waals surface area contributed by atoms with Gasteiger partial charge >= 0.3 is 6.36 Å². The molecule has 1 aromatic rings. The summed E-state index contributed by atoms with van der Waals surface area (Å²) < 4.78 is 54.0. The topological polar surface area (TPSA) is 29.5 Å². The van der Waals surface area contributed by atoms with Gasteiger partial charge in [0.05, 0.1) is 6.10 Å². The van der Waals surface area contributed by atoms with Gasteiger partial charge in [0, 0.05) is 0 Å². The Labute approximate surface area is 133 Å². The Bertz CT molecular complexity index is 554. The molecule has 1 N–H and O–H groups in total. The van der Waals surface area contributed by atoms with Gasteiger partial charge in [-0.3, -0.25) is 0 Å². The van der Waals surface area contributed by atoms with Gasteiger partial charge in [-0.15, -0.1) is 13.2 Å². The van der Waals surface area contributed by atoms with Crippen molar-refractivity contribution in [3.05, 3.63) is 29.6 Å². The summed E-state index contributed by atoms with van der Waals surface area (Å²) in [4.78, 5) is 0. The van der Waals surface area contributed by atoms with Crippen molar-refractivity contribution in [1.82, 2.24) is 0 Å². The van der Waals surface area contributed by atoms with E-state index in [1.165, 1.54) is 6.07 Å². The molecule has 0 heterocycles. The first-order chi connectivity index (χ1) is 10.5. The number of benzene rings is 1. The molecule has 0 saturated heterocycles. The average Bonchev–Trinajstić information content (AvgIpc) is 2.38. The van der Waals surface area contributed by atoms with Crippen molar-refractivity contribution < 1.29 is 27.4 Å². The number of hydrogen-bond donors (Lipinski definition) is 1. The van der Waals surface area contributed by atoms with Crippen LogP contribution < -0.4 is 4.74 Å². The van der Waals surface area contributed by atoms with Crippen molar-refractivity contribution >= 4 is 0 Å². The molecule has 1 aromatic carbocycles. The second kappa shape index (κ2) is 6.30. The number of hydrogen-bond acceptors (Lipinski definition) is 2. The van der Waals surface area contributed by atoms with Crippen LogP contribution in [0.15, 0.2) is 18.2 Å². The van der Waals surface area contributed by atoms with Crippen LogP contribution in [0, 0.1) is 23.1 Å². The summed E-state index contributed by atoms with van der Waals surface area (Å²) in [6, 6.07) is 3.15. The first-order valence-corrected chi connectivity index (χ1v) is 7.74. The fourth-order valence-electron chi connectivity index (χ4n) is 3.85. The number of aliphatic hydroxyl groups excluding tert-OH is 1. The molecular formula is C17H22F4O2. The van der Waals surface area contributed by atoms with E-state index in [9.17, 15) is 22.7 Å². The standard InChI is InChI=1S/C17H22F4O2/c1-10-5-4-8-16(2,3)14(10)15(22)11-6-7-13(12(18)9-11)23-17(19,20)21/h6-7,9-10,14-15,22H,4-5,8H2,1-3H3/t10?,14-,15+/m1/s1. The van der Waals surface area contributed by atoms with Gasteiger partial charge in [-0.05, 0) is 41.4 Å². The zero-order valence-electron chi connectivity index (χ0n) is 13.5. The third-order valence-electron chi connectivity index (χ3n) is 4.86. The van der Waals surface area contributed by atoms with E-state index in [1.807, 2.05) is 6.92 Å². The van der Waals surface area contributed by atoms with E-state index in [1.54, 1.807) is 0 Å². The number of halogens is 4. The molecule has 0 spiro atoms. The summed E-state index contributed by atoms with van der Waals surface area (Å²) in [6.07, 6.45) is -2.86. The van der Waals surface area contributed by atoms with Crippen LogP contribution in [0.25, 0.3) is 0 Å². The minimum atomic E-state index is -4.94. The Morgan fingerprint density at radius 1 is 1.30 bits per heavy atom. The molecule has 3 atom stereocenters. The van der Waals surface area contributed by atoms with Crippen molar-refractivity contribution in [2.45, 2.75) is 52.5 Å². The highest BCUT2D eigenvalue weighted by molar-refractivity contribution is 5.31. The van der Waals surface area contributed by atoms with Crippen LogP contribution in [0.4, 0.5) is 17.6 Å². The van der Waals surface area contributed by atoms with Crippen molar-refractivity contribution in [2.24, 2.45) is 17.3 Å². The number of ether oxygens (including phenoxy) is 1. The third kappa shape index (κ3) is 4.16. The van der Waals surface area contributed by atoms with Gasteiger partial charge < -0.3 is 9.84 Å². The van der Waals surface area contributed by atoms with Crippen molar-refractivity contribution in [3.63, 3.8) is 0 Å². The molecule has 0 aromatic heterocycles. The summed E-state index contributed by atoms with van der Waals surface area (Å²) in [5.74, 6) is -1.84. The Balaban J connectivity index is 2.25. The lowest BCUT2D eigenvalue weighted by molar-refractivity contribution is -0.275. The highest BCUT2D eigenvalue weighted by atomic mass is 19.4. The van der Waals surface area contributed by atoms with Gasteiger partial charge in [-0.2, -0.15) is 0 Å². The summed E-state index contributed by atoms with van der Waals surface area (Å²) >= 11 is 0. The molecule has 0 radical (unpaired) electrons. The number of aliphatic hydroxyl groups is 1. The zero-order chi connectivity index (χ0) is 17.4. The molecule has 2 nitrogen and oxygen atoms in total. The summed E-state index contributed by atoms with van der Waals surface area (Å²) in [5.41, 5.74) is 0.165. The van der Waals surface area contributed by atoms with E-state index in [2.05, 4.69) is 18.6 Å². The van der Waals surface area contributed by atoms with Crippen LogP contribution in [0.2, 0.25) is 0 Å². The van der Waals surface area contributed by atoms with Gasteiger partial charge in [-0.1, -0.05) is 39.7 Å². The van der Waals surface area contributed by atoms with Crippen molar-refractivity contribution in [1.29, 1.82) is 0 Å². The molecule has 23 heavy (non-hydrogen) atoms. The van der Waals surface area contributed by atoms with E-state index in [4.69, 9.17) is 0 Å². The van der Waals surface area contributed by atoms with Gasteiger partial charge in [0.1, 0.15) is 0 Å². The Morgan fingerprint density at radius 2 is 1.96 bits per heavy atom. The lowest BCUT2D eigenvalue weighted by Crippen LogP contribution is -2.38. The normalized spacial score (nSPS) is 25.9. The first-order valence-electron chi connectivity index (χ1n) is 7.74. The highest BCUT2D eigenvalue weighted by Gasteiger charge is 2.42. The van der Waals surface area contributed by atoms with Gasteiger partial charge in [0.2, 0.25) is 0 Å². The molecular weight excluding hydrogens is 312 g/mol. The maximum atomic E-state index is 13.9. The van der Waals surface area contributed by atoms with Crippen molar-refractivity contribution in [3.8, 4) is 5.75 Å². The van der Waals surface area contributed by atoms with Crippen LogP contribution >= 0.6 is 0 Å². The molecule has 6 heteroatoms. The van der Waals surface area contributed by atoms with Crippen LogP contribution in [0.5, 0.6) is 5.75 Å². The summed E-state index contributed by atoms with van der Waals surface area (Å²) in [6.45, 7) is 6.17. The van der Waals surface area contributed by atoms with E-state index < -0.39 is 24.0 Å². The van der Waals surface area contributed by atoms with E-state index in [0.717, 1.165) is 31.4 Å². The Hall–Kier alpha value is -1.30. The average molecular weight is 334 g/mol. The predicted molar refractivity (Wildman–Crippen MR) is 78.3 cm³/mol. The number of rotatable bonds is 3. The molecule has 1 aliphatic rings. The second-order valence-electron chi connectivity index (χ2n) is 7.07. The quantitative estimate of drug-likeness (QED) is 0.768. The van der Waals surface area contributed by atoms with Gasteiger partial charge in [0.15, 0.2) is 11.6 Å². The molecule has 1 aliphatic carbocycles. The third-order valence-corrected chi connectivity index (χ3v) is 4.86. The predicted octanol–water partition coefficient (Wildman–Crippen LogP) is 5.22. The molecule has 1 fully saturated rings. The number of alkyl halides is 3. The zero-order valence-corrected chi connectivity index (χ0v) is 13.5. The maximum Gasteiger partial charge on any atom is 0.573 e. The molecule has 2 rings (SSSR count). The molecule has 1 unspecified atom stereocenters. The fourth-order valence-corrected chi connectivity index (χ4v) is 3.85. The lowest BCUT2D eigenvalue weighted by atomic mass is 9.61. The van der Waals surface area contributed by atoms with Gasteiger partial charge in [0.25, 0.3) is 0 Å². The molecule has 0 amide bonds. The lowest BCUT2D eigenvalue weighted by Gasteiger charge is -2.45. The van der Waals surface area contributed by atoms with Crippen LogP contribution in [-0.2, 0) is 0 Å². The van der Waals surface area contributed by atoms with Gasteiger partial charge in [-0.25, -0.2) is 4.39 Å². The fraction of sp³-hybridized carbons (Fsp3) is 0.647. The molecule has 130 valence electrons. The summed E-state index contributed by atoms with van der Waals surface area (Å²) in [7, 11) is 0. The first kappa shape index (κ1) is 18.0. The molecule has 0 aliphatic heterocycles. The van der Waals surface area contributed by atoms with E-state index in [-0.39, 0.29) is 22.8 Å². The minimum Gasteiger partial charge on any atom is -0.403 e. The van der Waals surface area contributed by atoms with Crippen LogP contribution in [0.3, 0.4) is 0 Å². The monoisotopic (exact) mass is 334 g/mol. The SMILES string of the molecule is CC1CCCC(C)(C)[C@H]1[C@@H](O)c1ccc(OC(F)(F)F)c(F)c1. The van der Waals surface area contributed by atoms with Crippen molar-refractivity contribution in [2.75, 3.05) is 0 Å². The largest absolute Gasteiger partial charge is 0.573 e. The Kier molecular flexibility index (Phi) is 4.95. The minimum absolute atomic E-state index is 0.0787. The highest BCUT2D eigenvalue weighted by Crippen LogP contribution is 2.49. The van der Waals surface area contributed by atoms with Crippen LogP contribution in [-0.4, -0.2) is 11.5 Å². The second-order valence-corrected chi connectivity index (χ2v) is 7.07. The maximum absolute atomic E-state index is 13.9. The van der Waals surface area contributed by atoms with E-state index in [0.29, 0.717) is 0 Å². The molecule has 1 saturated carbocycles. The Morgan fingerprint density at radius 3 is 2.48 bits per heavy atom. The van der Waals surface area contributed by atoms with Crippen LogP contribution in [0.1, 0.15) is 51.7 Å². The van der Waals surface area contributed by atoms with E-state index >= 15 is 0 Å². The smallest absolute Gasteiger partial charge is 0.403 e. The molecule has 0 bridgehead atoms.